The third-order valence-electron chi connectivity index (χ3n) is 6.33. The number of hydrogen-bond acceptors (Lipinski definition) is 9. The first-order chi connectivity index (χ1) is 18.6. The quantitative estimate of drug-likeness (QED) is 0.118. The van der Waals surface area contributed by atoms with E-state index in [1.165, 1.54) is 6.07 Å². The fourth-order valence-electron chi connectivity index (χ4n) is 4.44. The van der Waals surface area contributed by atoms with Gasteiger partial charge < -0.3 is 9.32 Å². The maximum atomic E-state index is 13.3. The number of sulfonamides is 1. The van der Waals surface area contributed by atoms with E-state index >= 15 is 0 Å². The minimum Gasteiger partial charge on any atom is -0.453 e. The highest BCUT2D eigenvalue weighted by atomic mass is 32.2. The number of hydrogen-bond donors (Lipinski definition) is 0. The first-order valence-electron chi connectivity index (χ1n) is 11.9. The topological polar surface area (TPSA) is 162 Å². The zero-order valence-corrected chi connectivity index (χ0v) is 21.6. The minimum absolute atomic E-state index is 0.0180. The Hall–Kier alpha value is -4.91. The molecule has 5 rings (SSSR count). The van der Waals surface area contributed by atoms with Gasteiger partial charge in [-0.05, 0) is 32.0 Å². The van der Waals surface area contributed by atoms with Gasteiger partial charge >= 0.3 is 0 Å². The van der Waals surface area contributed by atoms with Crippen molar-refractivity contribution < 1.29 is 22.7 Å². The first-order valence-corrected chi connectivity index (χ1v) is 13.3. The van der Waals surface area contributed by atoms with Gasteiger partial charge in [-0.25, -0.2) is 4.98 Å². The van der Waals surface area contributed by atoms with Gasteiger partial charge in [0.2, 0.25) is 0 Å². The van der Waals surface area contributed by atoms with Crippen molar-refractivity contribution in [1.29, 1.82) is 0 Å². The smallest absolute Gasteiger partial charge is 0.296 e. The highest BCUT2D eigenvalue weighted by molar-refractivity contribution is 7.90. The number of aromatic nitrogens is 1. The lowest BCUT2D eigenvalue weighted by molar-refractivity contribution is -0.396. The van der Waals surface area contributed by atoms with Crippen molar-refractivity contribution in [3.63, 3.8) is 0 Å². The lowest BCUT2D eigenvalue weighted by Gasteiger charge is -2.21. The molecule has 2 aliphatic rings. The van der Waals surface area contributed by atoms with Crippen molar-refractivity contribution in [2.45, 2.75) is 18.7 Å². The zero-order chi connectivity index (χ0) is 27.9. The number of nitro groups is 2. The maximum Gasteiger partial charge on any atom is 0.296 e. The Kier molecular flexibility index (Phi) is 6.44. The van der Waals surface area contributed by atoms with E-state index in [2.05, 4.69) is 9.30 Å². The summed E-state index contributed by atoms with van der Waals surface area (Å²) in [7, 11) is -4.67. The molecule has 0 unspecified atom stereocenters. The van der Waals surface area contributed by atoms with E-state index in [1.807, 2.05) is 32.0 Å². The Balaban J connectivity index is 1.77. The highest BCUT2D eigenvalue weighted by Gasteiger charge is 2.28. The molecule has 1 aliphatic carbocycles. The van der Waals surface area contributed by atoms with Gasteiger partial charge in [-0.2, -0.15) is 12.8 Å². The van der Waals surface area contributed by atoms with Gasteiger partial charge in [0, 0.05) is 47.7 Å². The largest absolute Gasteiger partial charge is 0.453 e. The van der Waals surface area contributed by atoms with E-state index < -0.39 is 36.1 Å². The number of nitrogens with zero attached hydrogens (tertiary/aromatic N) is 5. The minimum atomic E-state index is -4.67. The molecule has 0 N–H and O–H groups in total. The van der Waals surface area contributed by atoms with Crippen LogP contribution in [0.3, 0.4) is 0 Å². The molecule has 0 saturated heterocycles. The van der Waals surface area contributed by atoms with Crippen molar-refractivity contribution in [3.8, 4) is 11.5 Å². The third kappa shape index (κ3) is 4.63. The summed E-state index contributed by atoms with van der Waals surface area (Å²) in [5.41, 5.74) is 0.976. The molecule has 1 heterocycles. The fourth-order valence-corrected chi connectivity index (χ4v) is 5.59. The summed E-state index contributed by atoms with van der Waals surface area (Å²) in [4.78, 5) is 27.0. The summed E-state index contributed by atoms with van der Waals surface area (Å²) in [6.45, 7) is 5.67. The Morgan fingerprint density at radius 3 is 2.31 bits per heavy atom. The van der Waals surface area contributed by atoms with Gasteiger partial charge in [0.25, 0.3) is 21.4 Å². The van der Waals surface area contributed by atoms with Crippen LogP contribution in [0.4, 0.5) is 17.1 Å². The Morgan fingerprint density at radius 2 is 1.64 bits per heavy atom. The van der Waals surface area contributed by atoms with Gasteiger partial charge in [0.1, 0.15) is 11.2 Å². The zero-order valence-electron chi connectivity index (χ0n) is 20.8. The fraction of sp³-hybridized carbons (Fsp3) is 0.154. The van der Waals surface area contributed by atoms with Crippen LogP contribution in [-0.4, -0.2) is 36.3 Å². The normalized spacial score (nSPS) is 12.3. The molecule has 13 heteroatoms. The summed E-state index contributed by atoms with van der Waals surface area (Å²) in [6, 6.07) is 16.2. The van der Waals surface area contributed by atoms with E-state index in [9.17, 15) is 28.6 Å². The number of non-ortho nitro benzene ring substituents is 1. The molecule has 12 nitrogen and oxygen atoms in total. The van der Waals surface area contributed by atoms with E-state index in [0.29, 0.717) is 33.6 Å². The Bertz CT molecular complexity index is 1930. The van der Waals surface area contributed by atoms with E-state index in [4.69, 9.17) is 9.40 Å². The van der Waals surface area contributed by atoms with Crippen LogP contribution in [0.2, 0.25) is 0 Å². The molecule has 0 saturated carbocycles. The summed E-state index contributed by atoms with van der Waals surface area (Å²) >= 11 is 0. The number of anilines is 1. The summed E-state index contributed by atoms with van der Waals surface area (Å²) in [6.07, 6.45) is 0. The SMILES string of the molecule is CCN(CC)c1ccc2nc3c4ccccc4/c(=N/S(=O)(=O)c4ccc([N+](=O)[O-])cc4[N+](=O)[O-])cc-3oc2c1. The molecule has 0 fully saturated rings. The van der Waals surface area contributed by atoms with Crippen molar-refractivity contribution in [1.82, 2.24) is 4.98 Å². The molecular formula is C26H21N5O7S. The molecule has 1 aliphatic heterocycles. The average Bonchev–Trinajstić information content (AvgIpc) is 2.92. The second kappa shape index (κ2) is 9.76. The Morgan fingerprint density at radius 1 is 0.923 bits per heavy atom. The molecule has 0 amide bonds. The summed E-state index contributed by atoms with van der Waals surface area (Å²) < 4.78 is 36.7. The first kappa shape index (κ1) is 25.7. The van der Waals surface area contributed by atoms with Crippen LogP contribution in [0.5, 0.6) is 0 Å². The number of nitro benzene ring substituents is 2. The predicted molar refractivity (Wildman–Crippen MR) is 144 cm³/mol. The van der Waals surface area contributed by atoms with E-state index in [1.54, 1.807) is 24.3 Å². The van der Waals surface area contributed by atoms with Crippen LogP contribution in [0.25, 0.3) is 33.3 Å². The molecule has 39 heavy (non-hydrogen) atoms. The Labute approximate surface area is 221 Å². The molecule has 0 spiro atoms. The van der Waals surface area contributed by atoms with Crippen molar-refractivity contribution >= 4 is 49.0 Å². The number of rotatable bonds is 7. The van der Waals surface area contributed by atoms with Crippen LogP contribution in [0.15, 0.2) is 80.4 Å². The standard InChI is InChI=1S/C26H21N5O7S/c1-3-29(4-2)16-9-11-20-23(14-16)38-24-15-21(18-7-5-6-8-19(18)26(24)27-20)28-39(36,37)25-12-10-17(30(32)33)13-22(25)31(34)35/h5-15H,3-4H2,1-2H3/b28-21+. The molecule has 0 atom stereocenters. The monoisotopic (exact) mass is 547 g/mol. The molecule has 3 aromatic carbocycles. The summed E-state index contributed by atoms with van der Waals surface area (Å²) in [5, 5.41) is 23.6. The lowest BCUT2D eigenvalue weighted by Crippen LogP contribution is -2.21. The van der Waals surface area contributed by atoms with Gasteiger partial charge in [0.05, 0.1) is 21.3 Å². The molecule has 0 radical (unpaired) electrons. The second-order valence-electron chi connectivity index (χ2n) is 8.56. The van der Waals surface area contributed by atoms with Crippen molar-refractivity contribution in [2.75, 3.05) is 18.0 Å². The molecular weight excluding hydrogens is 526 g/mol. The van der Waals surface area contributed by atoms with Gasteiger partial charge in [-0.3, -0.25) is 20.2 Å². The summed E-state index contributed by atoms with van der Waals surface area (Å²) in [5.74, 6) is 0.269. The highest BCUT2D eigenvalue weighted by Crippen LogP contribution is 2.33. The second-order valence-corrected chi connectivity index (χ2v) is 10.1. The van der Waals surface area contributed by atoms with Gasteiger partial charge in [0.15, 0.2) is 16.2 Å². The van der Waals surface area contributed by atoms with Crippen LogP contribution in [-0.2, 0) is 10.0 Å². The maximum absolute atomic E-state index is 13.3. The predicted octanol–water partition coefficient (Wildman–Crippen LogP) is 5.04. The van der Waals surface area contributed by atoms with Crippen LogP contribution in [0, 0.1) is 20.2 Å². The van der Waals surface area contributed by atoms with Crippen molar-refractivity contribution in [2.24, 2.45) is 4.40 Å². The van der Waals surface area contributed by atoms with E-state index in [0.717, 1.165) is 30.9 Å². The lowest BCUT2D eigenvalue weighted by atomic mass is 10.0. The van der Waals surface area contributed by atoms with Crippen molar-refractivity contribution in [3.05, 3.63) is 92.3 Å². The molecule has 0 aromatic heterocycles. The van der Waals surface area contributed by atoms with Gasteiger partial charge in [-0.1, -0.05) is 24.3 Å². The molecule has 3 aromatic rings. The number of fused-ring (bicyclic) bond motifs is 4. The average molecular weight is 548 g/mol. The van der Waals surface area contributed by atoms with Gasteiger partial charge in [-0.15, -0.1) is 0 Å². The molecule has 198 valence electrons. The van der Waals surface area contributed by atoms with E-state index in [-0.39, 0.29) is 11.1 Å². The van der Waals surface area contributed by atoms with Crippen LogP contribution >= 0.6 is 0 Å². The third-order valence-corrected chi connectivity index (χ3v) is 7.67. The van der Waals surface area contributed by atoms with Crippen LogP contribution < -0.4 is 10.3 Å². The number of benzene rings is 4. The molecule has 0 bridgehead atoms. The van der Waals surface area contributed by atoms with Crippen LogP contribution in [0.1, 0.15) is 13.8 Å².